The molecule has 0 aliphatic carbocycles. The minimum atomic E-state index is -3.20. The van der Waals surface area contributed by atoms with Crippen LogP contribution in [0.15, 0.2) is 46.0 Å². The predicted octanol–water partition coefficient (Wildman–Crippen LogP) is 2.86. The molecule has 1 heterocycles. The second kappa shape index (κ2) is 6.55. The van der Waals surface area contributed by atoms with Crippen LogP contribution in [0.25, 0.3) is 0 Å². The predicted molar refractivity (Wildman–Crippen MR) is 77.6 cm³/mol. The number of nitrogens with zero attached hydrogens (tertiary/aromatic N) is 1. The van der Waals surface area contributed by atoms with Crippen molar-refractivity contribution < 1.29 is 13.2 Å². The molecule has 1 aromatic carbocycles. The van der Waals surface area contributed by atoms with Crippen LogP contribution in [0.1, 0.15) is 12.0 Å². The Morgan fingerprint density at radius 1 is 1.25 bits per heavy atom. The van der Waals surface area contributed by atoms with Gasteiger partial charge in [0, 0.05) is 0 Å². The lowest BCUT2D eigenvalue weighted by atomic mass is 10.2. The van der Waals surface area contributed by atoms with Gasteiger partial charge in [-0.3, -0.25) is 0 Å². The van der Waals surface area contributed by atoms with Crippen molar-refractivity contribution in [2.45, 2.75) is 10.6 Å². The van der Waals surface area contributed by atoms with E-state index in [4.69, 9.17) is 10.00 Å². The van der Waals surface area contributed by atoms with E-state index in [2.05, 4.69) is 0 Å². The first-order valence-electron chi connectivity index (χ1n) is 6.01. The Bertz CT molecular complexity index is 700. The zero-order valence-corrected chi connectivity index (χ0v) is 12.3. The SMILES string of the molecule is N#Cc1cccc(OCCCS(=O)(=O)c2cccs2)c1. The van der Waals surface area contributed by atoms with Gasteiger partial charge < -0.3 is 4.74 Å². The van der Waals surface area contributed by atoms with Crippen LogP contribution in [0.2, 0.25) is 0 Å². The van der Waals surface area contributed by atoms with Crippen LogP contribution in [0, 0.1) is 11.3 Å². The van der Waals surface area contributed by atoms with Gasteiger partial charge in [-0.25, -0.2) is 8.42 Å². The number of rotatable bonds is 6. The Labute approximate surface area is 122 Å². The van der Waals surface area contributed by atoms with Crippen molar-refractivity contribution in [3.8, 4) is 11.8 Å². The minimum Gasteiger partial charge on any atom is -0.494 e. The van der Waals surface area contributed by atoms with E-state index in [0.717, 1.165) is 0 Å². The molecular formula is C14H13NO3S2. The lowest BCUT2D eigenvalue weighted by molar-refractivity contribution is 0.317. The summed E-state index contributed by atoms with van der Waals surface area (Å²) >= 11 is 1.22. The molecule has 0 saturated carbocycles. The Balaban J connectivity index is 1.84. The van der Waals surface area contributed by atoms with E-state index in [1.54, 1.807) is 41.8 Å². The van der Waals surface area contributed by atoms with Gasteiger partial charge >= 0.3 is 0 Å². The van der Waals surface area contributed by atoms with E-state index in [0.29, 0.717) is 28.5 Å². The quantitative estimate of drug-likeness (QED) is 0.770. The van der Waals surface area contributed by atoms with Gasteiger partial charge in [0.2, 0.25) is 0 Å². The Morgan fingerprint density at radius 2 is 2.10 bits per heavy atom. The first kappa shape index (κ1) is 14.6. The summed E-state index contributed by atoms with van der Waals surface area (Å²) in [5, 5.41) is 10.5. The van der Waals surface area contributed by atoms with Crippen molar-refractivity contribution in [3.63, 3.8) is 0 Å². The third-order valence-electron chi connectivity index (χ3n) is 2.59. The largest absolute Gasteiger partial charge is 0.494 e. The number of benzene rings is 1. The number of thiophene rings is 1. The molecule has 1 aromatic heterocycles. The monoisotopic (exact) mass is 307 g/mol. The second-order valence-corrected chi connectivity index (χ2v) is 7.38. The van der Waals surface area contributed by atoms with Crippen molar-refractivity contribution >= 4 is 21.2 Å². The highest BCUT2D eigenvalue weighted by molar-refractivity contribution is 7.93. The number of sulfone groups is 1. The number of hydrogen-bond acceptors (Lipinski definition) is 5. The molecule has 0 unspecified atom stereocenters. The van der Waals surface area contributed by atoms with Crippen molar-refractivity contribution in [2.24, 2.45) is 0 Å². The van der Waals surface area contributed by atoms with Gasteiger partial charge in [0.15, 0.2) is 9.84 Å². The molecule has 0 saturated heterocycles. The standard InChI is InChI=1S/C14H13NO3S2/c15-11-12-4-1-5-13(10-12)18-7-3-9-20(16,17)14-6-2-8-19-14/h1-2,4-6,8,10H,3,7,9H2. The normalized spacial score (nSPS) is 10.9. The van der Waals surface area contributed by atoms with E-state index in [9.17, 15) is 8.42 Å². The molecule has 0 N–H and O–H groups in total. The fourth-order valence-electron chi connectivity index (χ4n) is 1.64. The summed E-state index contributed by atoms with van der Waals surface area (Å²) in [5.74, 6) is 0.642. The number of hydrogen-bond donors (Lipinski definition) is 0. The van der Waals surface area contributed by atoms with Gasteiger partial charge in [0.25, 0.3) is 0 Å². The summed E-state index contributed by atoms with van der Waals surface area (Å²) in [6.07, 6.45) is 0.414. The maximum absolute atomic E-state index is 11.9. The maximum Gasteiger partial charge on any atom is 0.187 e. The molecule has 0 atom stereocenters. The Hall–Kier alpha value is -1.84. The molecule has 4 nitrogen and oxygen atoms in total. The van der Waals surface area contributed by atoms with Crippen LogP contribution in [-0.4, -0.2) is 20.8 Å². The molecule has 6 heteroatoms. The average Bonchev–Trinajstić information content (AvgIpc) is 2.99. The van der Waals surface area contributed by atoms with Crippen LogP contribution in [-0.2, 0) is 9.84 Å². The Morgan fingerprint density at radius 3 is 2.80 bits per heavy atom. The van der Waals surface area contributed by atoms with Crippen LogP contribution in [0.5, 0.6) is 5.75 Å². The summed E-state index contributed by atoms with van der Waals surface area (Å²) in [6.45, 7) is 0.305. The van der Waals surface area contributed by atoms with Gasteiger partial charge in [-0.2, -0.15) is 5.26 Å². The molecule has 0 bridgehead atoms. The average molecular weight is 307 g/mol. The Kier molecular flexibility index (Phi) is 4.77. The van der Waals surface area contributed by atoms with E-state index in [1.165, 1.54) is 11.3 Å². The second-order valence-electron chi connectivity index (χ2n) is 4.09. The van der Waals surface area contributed by atoms with Crippen molar-refractivity contribution in [3.05, 3.63) is 47.3 Å². The molecule has 0 fully saturated rings. The fourth-order valence-corrected chi connectivity index (χ4v) is 4.07. The van der Waals surface area contributed by atoms with E-state index in [-0.39, 0.29) is 5.75 Å². The summed E-state index contributed by atoms with van der Waals surface area (Å²) in [5.41, 5.74) is 0.522. The molecular weight excluding hydrogens is 294 g/mol. The third-order valence-corrected chi connectivity index (χ3v) is 5.88. The first-order chi connectivity index (χ1) is 9.62. The molecule has 104 valence electrons. The van der Waals surface area contributed by atoms with Crippen LogP contribution < -0.4 is 4.74 Å². The third kappa shape index (κ3) is 3.83. The molecule has 0 spiro atoms. The fraction of sp³-hybridized carbons (Fsp3) is 0.214. The van der Waals surface area contributed by atoms with Crippen molar-refractivity contribution in [2.75, 3.05) is 12.4 Å². The van der Waals surface area contributed by atoms with Gasteiger partial charge in [-0.1, -0.05) is 12.1 Å². The lowest BCUT2D eigenvalue weighted by Crippen LogP contribution is -2.09. The molecule has 0 aliphatic heterocycles. The smallest absolute Gasteiger partial charge is 0.187 e. The van der Waals surface area contributed by atoms with E-state index < -0.39 is 9.84 Å². The molecule has 0 aliphatic rings. The molecule has 0 amide bonds. The van der Waals surface area contributed by atoms with Gasteiger partial charge in [-0.05, 0) is 36.1 Å². The maximum atomic E-state index is 11.9. The topological polar surface area (TPSA) is 67.2 Å². The first-order valence-corrected chi connectivity index (χ1v) is 8.54. The van der Waals surface area contributed by atoms with Gasteiger partial charge in [0.05, 0.1) is 24.0 Å². The molecule has 0 radical (unpaired) electrons. The summed E-state index contributed by atoms with van der Waals surface area (Å²) in [4.78, 5) is 0. The van der Waals surface area contributed by atoms with Gasteiger partial charge in [0.1, 0.15) is 9.96 Å². The highest BCUT2D eigenvalue weighted by Crippen LogP contribution is 2.18. The zero-order chi connectivity index (χ0) is 14.4. The van der Waals surface area contributed by atoms with Crippen LogP contribution >= 0.6 is 11.3 Å². The highest BCUT2D eigenvalue weighted by Gasteiger charge is 2.14. The lowest BCUT2D eigenvalue weighted by Gasteiger charge is -2.06. The van der Waals surface area contributed by atoms with Crippen molar-refractivity contribution in [1.82, 2.24) is 0 Å². The highest BCUT2D eigenvalue weighted by atomic mass is 32.2. The number of nitriles is 1. The summed E-state index contributed by atoms with van der Waals surface area (Å²) in [6, 6.07) is 12.2. The van der Waals surface area contributed by atoms with E-state index in [1.807, 2.05) is 6.07 Å². The van der Waals surface area contributed by atoms with Gasteiger partial charge in [-0.15, -0.1) is 11.3 Å². The number of ether oxygens (including phenoxy) is 1. The summed E-state index contributed by atoms with van der Waals surface area (Å²) < 4.78 is 29.7. The molecule has 2 rings (SSSR count). The van der Waals surface area contributed by atoms with Crippen LogP contribution in [0.4, 0.5) is 0 Å². The zero-order valence-electron chi connectivity index (χ0n) is 10.7. The van der Waals surface area contributed by atoms with E-state index >= 15 is 0 Å². The summed E-state index contributed by atoms with van der Waals surface area (Å²) in [7, 11) is -3.20. The van der Waals surface area contributed by atoms with Crippen molar-refractivity contribution in [1.29, 1.82) is 5.26 Å². The van der Waals surface area contributed by atoms with Crippen LogP contribution in [0.3, 0.4) is 0 Å². The molecule has 2 aromatic rings. The minimum absolute atomic E-state index is 0.0610. The molecule has 20 heavy (non-hydrogen) atoms.